The first-order valence-corrected chi connectivity index (χ1v) is 7.44. The smallest absolute Gasteiger partial charge is 0.135 e. The van der Waals surface area contributed by atoms with Crippen molar-refractivity contribution in [2.24, 2.45) is 0 Å². The fraction of sp³-hybridized carbons (Fsp3) is 0.733. The van der Waals surface area contributed by atoms with Gasteiger partial charge in [0.2, 0.25) is 0 Å². The molecule has 0 aliphatic rings. The van der Waals surface area contributed by atoms with E-state index in [4.69, 9.17) is 4.98 Å². The molecular weight excluding hydrogens is 250 g/mol. The number of rotatable bonds is 8. The fourth-order valence-corrected chi connectivity index (χ4v) is 2.01. The maximum Gasteiger partial charge on any atom is 0.135 e. The average Bonchev–Trinajstić information content (AvgIpc) is 2.42. The third-order valence-corrected chi connectivity index (χ3v) is 3.24. The van der Waals surface area contributed by atoms with E-state index in [1.54, 1.807) is 0 Å². The third-order valence-electron chi connectivity index (χ3n) is 3.24. The number of aromatic nitrogens is 2. The molecule has 0 amide bonds. The van der Waals surface area contributed by atoms with Crippen LogP contribution in [0.25, 0.3) is 0 Å². The van der Waals surface area contributed by atoms with Gasteiger partial charge in [-0.1, -0.05) is 13.8 Å². The molecule has 5 nitrogen and oxygen atoms in total. The first-order chi connectivity index (χ1) is 9.47. The largest absolute Gasteiger partial charge is 0.373 e. The molecule has 0 aliphatic carbocycles. The van der Waals surface area contributed by atoms with Crippen molar-refractivity contribution in [1.82, 2.24) is 14.9 Å². The second-order valence-corrected chi connectivity index (χ2v) is 5.61. The van der Waals surface area contributed by atoms with Gasteiger partial charge in [0.15, 0.2) is 0 Å². The normalized spacial score (nSPS) is 11.2. The monoisotopic (exact) mass is 279 g/mol. The summed E-state index contributed by atoms with van der Waals surface area (Å²) in [5, 5.41) is 3.13. The molecule has 20 heavy (non-hydrogen) atoms. The highest BCUT2D eigenvalue weighted by Crippen LogP contribution is 2.20. The van der Waals surface area contributed by atoms with Gasteiger partial charge in [0.25, 0.3) is 0 Å². The van der Waals surface area contributed by atoms with Crippen LogP contribution in [0.4, 0.5) is 11.6 Å². The van der Waals surface area contributed by atoms with E-state index in [2.05, 4.69) is 55.0 Å². The lowest BCUT2D eigenvalue weighted by molar-refractivity contribution is 0.400. The molecule has 1 heterocycles. The summed E-state index contributed by atoms with van der Waals surface area (Å²) in [6.07, 6.45) is 1.14. The zero-order valence-corrected chi connectivity index (χ0v) is 13.8. The predicted molar refractivity (Wildman–Crippen MR) is 86.7 cm³/mol. The molecule has 1 aromatic rings. The van der Waals surface area contributed by atoms with E-state index in [0.29, 0.717) is 5.92 Å². The van der Waals surface area contributed by atoms with Gasteiger partial charge in [-0.05, 0) is 34.0 Å². The van der Waals surface area contributed by atoms with Crippen molar-refractivity contribution in [1.29, 1.82) is 0 Å². The van der Waals surface area contributed by atoms with Crippen LogP contribution in [0.5, 0.6) is 0 Å². The molecule has 0 saturated heterocycles. The summed E-state index contributed by atoms with van der Waals surface area (Å²) in [6.45, 7) is 9.50. The summed E-state index contributed by atoms with van der Waals surface area (Å²) in [5.41, 5.74) is 0. The van der Waals surface area contributed by atoms with Crippen LogP contribution in [-0.4, -0.2) is 55.6 Å². The molecule has 0 aromatic carbocycles. The van der Waals surface area contributed by atoms with Crippen LogP contribution in [0.2, 0.25) is 0 Å². The van der Waals surface area contributed by atoms with Crippen LogP contribution < -0.4 is 10.2 Å². The fourth-order valence-electron chi connectivity index (χ4n) is 2.01. The summed E-state index contributed by atoms with van der Waals surface area (Å²) < 4.78 is 0. The minimum Gasteiger partial charge on any atom is -0.373 e. The number of hydrogen-bond donors (Lipinski definition) is 1. The highest BCUT2D eigenvalue weighted by Gasteiger charge is 2.12. The summed E-state index contributed by atoms with van der Waals surface area (Å²) in [5.74, 6) is 3.15. The second-order valence-electron chi connectivity index (χ2n) is 5.61. The molecule has 0 spiro atoms. The summed E-state index contributed by atoms with van der Waals surface area (Å²) in [4.78, 5) is 13.8. The highest BCUT2D eigenvalue weighted by atomic mass is 15.2. The van der Waals surface area contributed by atoms with Gasteiger partial charge in [-0.25, -0.2) is 9.97 Å². The lowest BCUT2D eigenvalue weighted by Crippen LogP contribution is -2.28. The van der Waals surface area contributed by atoms with Gasteiger partial charge >= 0.3 is 0 Å². The summed E-state index contributed by atoms with van der Waals surface area (Å²) >= 11 is 0. The van der Waals surface area contributed by atoms with E-state index in [9.17, 15) is 0 Å². The summed E-state index contributed by atoms with van der Waals surface area (Å²) in [6, 6.07) is 2.03. The van der Waals surface area contributed by atoms with Crippen molar-refractivity contribution in [2.45, 2.75) is 33.1 Å². The van der Waals surface area contributed by atoms with Crippen molar-refractivity contribution in [3.05, 3.63) is 11.9 Å². The molecule has 0 aliphatic heterocycles. The van der Waals surface area contributed by atoms with Crippen LogP contribution in [0.15, 0.2) is 6.07 Å². The van der Waals surface area contributed by atoms with Crippen LogP contribution in [0.1, 0.15) is 38.9 Å². The number of nitrogens with zero attached hydrogens (tertiary/aromatic N) is 4. The van der Waals surface area contributed by atoms with Crippen LogP contribution in [-0.2, 0) is 0 Å². The minimum atomic E-state index is 0.336. The molecule has 1 N–H and O–H groups in total. The van der Waals surface area contributed by atoms with Crippen molar-refractivity contribution in [3.8, 4) is 0 Å². The molecule has 1 aromatic heterocycles. The van der Waals surface area contributed by atoms with E-state index < -0.39 is 0 Å². The number of nitrogens with one attached hydrogen (secondary N) is 1. The molecule has 5 heteroatoms. The maximum absolute atomic E-state index is 4.71. The minimum absolute atomic E-state index is 0.336. The van der Waals surface area contributed by atoms with Crippen molar-refractivity contribution in [2.75, 3.05) is 51.0 Å². The average molecular weight is 279 g/mol. The zero-order chi connectivity index (χ0) is 15.1. The van der Waals surface area contributed by atoms with E-state index in [1.165, 1.54) is 0 Å². The van der Waals surface area contributed by atoms with E-state index in [-0.39, 0.29) is 0 Å². The van der Waals surface area contributed by atoms with Gasteiger partial charge in [0.05, 0.1) is 0 Å². The SMILES string of the molecule is CCN(CCCN(C)C)c1cc(NC)nc(C(C)C)n1. The molecule has 0 saturated carbocycles. The Morgan fingerprint density at radius 2 is 1.90 bits per heavy atom. The molecule has 0 atom stereocenters. The Morgan fingerprint density at radius 1 is 1.20 bits per heavy atom. The van der Waals surface area contributed by atoms with Gasteiger partial charge in [-0.2, -0.15) is 0 Å². The van der Waals surface area contributed by atoms with Gasteiger partial charge in [0.1, 0.15) is 17.5 Å². The molecular formula is C15H29N5. The van der Waals surface area contributed by atoms with Gasteiger partial charge in [-0.3, -0.25) is 0 Å². The Hall–Kier alpha value is -1.36. The maximum atomic E-state index is 4.71. The first kappa shape index (κ1) is 16.7. The standard InChI is InChI=1S/C15H29N5/c1-7-20(10-8-9-19(5)6)14-11-13(16-4)17-15(18-14)12(2)3/h11-12H,7-10H2,1-6H3,(H,16,17,18). The molecule has 0 fully saturated rings. The number of anilines is 2. The van der Waals surface area contributed by atoms with E-state index in [0.717, 1.165) is 43.5 Å². The Kier molecular flexibility index (Phi) is 6.71. The van der Waals surface area contributed by atoms with Gasteiger partial charge < -0.3 is 15.1 Å². The van der Waals surface area contributed by atoms with Gasteiger partial charge in [0, 0.05) is 32.1 Å². The van der Waals surface area contributed by atoms with E-state index in [1.807, 2.05) is 13.1 Å². The lowest BCUT2D eigenvalue weighted by atomic mass is 10.2. The molecule has 1 rings (SSSR count). The Bertz CT molecular complexity index is 403. The summed E-state index contributed by atoms with van der Waals surface area (Å²) in [7, 11) is 6.12. The van der Waals surface area contributed by atoms with Crippen molar-refractivity contribution in [3.63, 3.8) is 0 Å². The zero-order valence-electron chi connectivity index (χ0n) is 13.8. The topological polar surface area (TPSA) is 44.3 Å². The molecule has 0 radical (unpaired) electrons. The number of hydrogen-bond acceptors (Lipinski definition) is 5. The Labute approximate surface area is 123 Å². The quantitative estimate of drug-likeness (QED) is 0.792. The Morgan fingerprint density at radius 3 is 2.40 bits per heavy atom. The molecule has 0 unspecified atom stereocenters. The van der Waals surface area contributed by atoms with Crippen LogP contribution >= 0.6 is 0 Å². The molecule has 114 valence electrons. The lowest BCUT2D eigenvalue weighted by Gasteiger charge is -2.24. The highest BCUT2D eigenvalue weighted by molar-refractivity contribution is 5.49. The predicted octanol–water partition coefficient (Wildman–Crippen LogP) is 2.42. The van der Waals surface area contributed by atoms with Gasteiger partial charge in [-0.15, -0.1) is 0 Å². The third kappa shape index (κ3) is 4.96. The second kappa shape index (κ2) is 8.04. The van der Waals surface area contributed by atoms with Crippen LogP contribution in [0.3, 0.4) is 0 Å². The molecule has 0 bridgehead atoms. The Balaban J connectivity index is 2.87. The van der Waals surface area contributed by atoms with Crippen molar-refractivity contribution < 1.29 is 0 Å². The van der Waals surface area contributed by atoms with Crippen LogP contribution in [0, 0.1) is 0 Å². The van der Waals surface area contributed by atoms with E-state index >= 15 is 0 Å². The van der Waals surface area contributed by atoms with Crippen molar-refractivity contribution >= 4 is 11.6 Å². The first-order valence-electron chi connectivity index (χ1n) is 7.44.